The highest BCUT2D eigenvalue weighted by Gasteiger charge is 2.27. The SMILES string of the molecule is CCC(N)C(c1ccc(C)s1)N(C)C(C)CC#N. The molecule has 0 aromatic carbocycles. The molecule has 2 N–H and O–H groups in total. The van der Waals surface area contributed by atoms with Gasteiger partial charge in [-0.3, -0.25) is 4.90 Å². The summed E-state index contributed by atoms with van der Waals surface area (Å²) in [6.07, 6.45) is 1.47. The summed E-state index contributed by atoms with van der Waals surface area (Å²) in [6.45, 7) is 6.31. The summed E-state index contributed by atoms with van der Waals surface area (Å²) >= 11 is 1.80. The van der Waals surface area contributed by atoms with Gasteiger partial charge < -0.3 is 5.73 Å². The topological polar surface area (TPSA) is 53.0 Å². The Balaban J connectivity index is 2.95. The van der Waals surface area contributed by atoms with E-state index in [1.807, 2.05) is 0 Å². The lowest BCUT2D eigenvalue weighted by Gasteiger charge is -2.35. The largest absolute Gasteiger partial charge is 0.326 e. The smallest absolute Gasteiger partial charge is 0.0638 e. The third kappa shape index (κ3) is 3.55. The van der Waals surface area contributed by atoms with Gasteiger partial charge in [0.25, 0.3) is 0 Å². The van der Waals surface area contributed by atoms with Crippen LogP contribution in [-0.4, -0.2) is 24.0 Å². The number of nitriles is 1. The minimum absolute atomic E-state index is 0.106. The molecule has 0 amide bonds. The Morgan fingerprint density at radius 3 is 2.61 bits per heavy atom. The van der Waals surface area contributed by atoms with E-state index in [1.54, 1.807) is 11.3 Å². The van der Waals surface area contributed by atoms with Crippen molar-refractivity contribution in [3.63, 3.8) is 0 Å². The highest BCUT2D eigenvalue weighted by atomic mass is 32.1. The van der Waals surface area contributed by atoms with Gasteiger partial charge in [-0.1, -0.05) is 6.92 Å². The zero-order chi connectivity index (χ0) is 13.7. The lowest BCUT2D eigenvalue weighted by molar-refractivity contribution is 0.163. The Morgan fingerprint density at radius 2 is 2.17 bits per heavy atom. The third-order valence-corrected chi connectivity index (χ3v) is 4.52. The molecule has 0 fully saturated rings. The van der Waals surface area contributed by atoms with Gasteiger partial charge in [0.2, 0.25) is 0 Å². The van der Waals surface area contributed by atoms with Gasteiger partial charge in [0.15, 0.2) is 0 Å². The Labute approximate surface area is 114 Å². The number of thiophene rings is 1. The molecule has 4 heteroatoms. The van der Waals surface area contributed by atoms with Crippen molar-refractivity contribution in [1.82, 2.24) is 4.90 Å². The minimum Gasteiger partial charge on any atom is -0.326 e. The first kappa shape index (κ1) is 15.2. The van der Waals surface area contributed by atoms with Crippen LogP contribution in [0.2, 0.25) is 0 Å². The summed E-state index contributed by atoms with van der Waals surface area (Å²) in [5, 5.41) is 8.83. The van der Waals surface area contributed by atoms with Crippen LogP contribution in [0.15, 0.2) is 12.1 Å². The first-order chi connectivity index (χ1) is 8.51. The van der Waals surface area contributed by atoms with Gasteiger partial charge in [-0.25, -0.2) is 0 Å². The molecule has 0 spiro atoms. The molecule has 1 rings (SSSR count). The second kappa shape index (κ2) is 6.89. The Kier molecular flexibility index (Phi) is 5.80. The summed E-state index contributed by atoms with van der Waals surface area (Å²) in [4.78, 5) is 4.84. The van der Waals surface area contributed by atoms with Crippen molar-refractivity contribution in [2.24, 2.45) is 5.73 Å². The zero-order valence-corrected chi connectivity index (χ0v) is 12.5. The third-order valence-electron chi connectivity index (χ3n) is 3.45. The van der Waals surface area contributed by atoms with Gasteiger partial charge in [0.05, 0.1) is 18.5 Å². The normalized spacial score (nSPS) is 16.3. The van der Waals surface area contributed by atoms with E-state index in [9.17, 15) is 0 Å². The van der Waals surface area contributed by atoms with Gasteiger partial charge in [-0.05, 0) is 39.4 Å². The number of hydrogen-bond acceptors (Lipinski definition) is 4. The fourth-order valence-electron chi connectivity index (χ4n) is 2.10. The second-order valence-corrected chi connectivity index (χ2v) is 6.16. The Bertz CT molecular complexity index is 407. The van der Waals surface area contributed by atoms with E-state index in [2.05, 4.69) is 50.9 Å². The maximum absolute atomic E-state index is 8.83. The van der Waals surface area contributed by atoms with Gasteiger partial charge in [0.1, 0.15) is 0 Å². The molecular formula is C14H23N3S. The van der Waals surface area contributed by atoms with Gasteiger partial charge >= 0.3 is 0 Å². The predicted octanol–water partition coefficient (Wildman–Crippen LogP) is 3.07. The number of rotatable bonds is 6. The Morgan fingerprint density at radius 1 is 1.50 bits per heavy atom. The maximum atomic E-state index is 8.83. The van der Waals surface area contributed by atoms with Crippen LogP contribution in [0.25, 0.3) is 0 Å². The molecule has 1 aromatic heterocycles. The number of nitrogens with zero attached hydrogens (tertiary/aromatic N) is 2. The fraction of sp³-hybridized carbons (Fsp3) is 0.643. The quantitative estimate of drug-likeness (QED) is 0.860. The maximum Gasteiger partial charge on any atom is 0.0638 e. The molecule has 0 aliphatic rings. The summed E-state index contributed by atoms with van der Waals surface area (Å²) < 4.78 is 0. The van der Waals surface area contributed by atoms with Crippen LogP contribution in [0.3, 0.4) is 0 Å². The molecule has 3 unspecified atom stereocenters. The monoisotopic (exact) mass is 265 g/mol. The number of likely N-dealkylation sites (N-methyl/N-ethyl adjacent to an activating group) is 1. The molecule has 1 heterocycles. The van der Waals surface area contributed by atoms with E-state index in [4.69, 9.17) is 11.0 Å². The average Bonchev–Trinajstić information content (AvgIpc) is 2.75. The first-order valence-corrected chi connectivity index (χ1v) is 7.23. The first-order valence-electron chi connectivity index (χ1n) is 6.42. The van der Waals surface area contributed by atoms with E-state index in [-0.39, 0.29) is 18.1 Å². The molecule has 1 aromatic rings. The number of nitrogens with two attached hydrogens (primary N) is 1. The summed E-state index contributed by atoms with van der Waals surface area (Å²) in [5.74, 6) is 0. The minimum atomic E-state index is 0.106. The van der Waals surface area contributed by atoms with E-state index < -0.39 is 0 Å². The molecular weight excluding hydrogens is 242 g/mol. The highest BCUT2D eigenvalue weighted by molar-refractivity contribution is 7.12. The van der Waals surface area contributed by atoms with E-state index >= 15 is 0 Å². The van der Waals surface area contributed by atoms with Crippen molar-refractivity contribution in [3.8, 4) is 6.07 Å². The van der Waals surface area contributed by atoms with Crippen molar-refractivity contribution in [2.45, 2.75) is 51.7 Å². The number of aryl methyl sites for hydroxylation is 1. The Hall–Kier alpha value is -0.890. The van der Waals surface area contributed by atoms with Crippen molar-refractivity contribution in [1.29, 1.82) is 5.26 Å². The molecule has 18 heavy (non-hydrogen) atoms. The van der Waals surface area contributed by atoms with E-state index in [1.165, 1.54) is 9.75 Å². The van der Waals surface area contributed by atoms with Crippen LogP contribution in [-0.2, 0) is 0 Å². The average molecular weight is 265 g/mol. The van der Waals surface area contributed by atoms with Crippen LogP contribution in [0.1, 0.15) is 42.5 Å². The molecule has 0 bridgehead atoms. The van der Waals surface area contributed by atoms with Crippen molar-refractivity contribution >= 4 is 11.3 Å². The lowest BCUT2D eigenvalue weighted by atomic mass is 10.0. The second-order valence-electron chi connectivity index (χ2n) is 4.84. The van der Waals surface area contributed by atoms with Crippen LogP contribution in [0.4, 0.5) is 0 Å². The molecule has 100 valence electrons. The summed E-state index contributed by atoms with van der Waals surface area (Å²) in [5.41, 5.74) is 6.28. The van der Waals surface area contributed by atoms with Crippen molar-refractivity contribution in [2.75, 3.05) is 7.05 Å². The lowest BCUT2D eigenvalue weighted by Crippen LogP contribution is -2.42. The molecule has 0 saturated carbocycles. The van der Waals surface area contributed by atoms with Crippen LogP contribution < -0.4 is 5.73 Å². The molecule has 3 atom stereocenters. The molecule has 3 nitrogen and oxygen atoms in total. The highest BCUT2D eigenvalue weighted by Crippen LogP contribution is 2.31. The van der Waals surface area contributed by atoms with Gasteiger partial charge in [-0.15, -0.1) is 11.3 Å². The van der Waals surface area contributed by atoms with Gasteiger partial charge in [-0.2, -0.15) is 5.26 Å². The van der Waals surface area contributed by atoms with Gasteiger partial charge in [0, 0.05) is 21.8 Å². The molecule has 0 saturated heterocycles. The van der Waals surface area contributed by atoms with Crippen molar-refractivity contribution in [3.05, 3.63) is 21.9 Å². The zero-order valence-electron chi connectivity index (χ0n) is 11.7. The standard InChI is InChI=1S/C14H23N3S/c1-5-12(16)14(13-7-6-11(3)18-13)17(4)10(2)8-9-15/h6-7,10,12,14H,5,8,16H2,1-4H3. The predicted molar refractivity (Wildman–Crippen MR) is 77.5 cm³/mol. The molecule has 0 aliphatic heterocycles. The summed E-state index contributed by atoms with van der Waals surface area (Å²) in [6, 6.07) is 7.07. The van der Waals surface area contributed by atoms with Crippen LogP contribution in [0.5, 0.6) is 0 Å². The van der Waals surface area contributed by atoms with Crippen LogP contribution in [0, 0.1) is 18.3 Å². The fourth-order valence-corrected chi connectivity index (χ4v) is 3.21. The summed E-state index contributed by atoms with van der Waals surface area (Å²) in [7, 11) is 2.07. The van der Waals surface area contributed by atoms with Crippen molar-refractivity contribution < 1.29 is 0 Å². The number of hydrogen-bond donors (Lipinski definition) is 1. The van der Waals surface area contributed by atoms with E-state index in [0.29, 0.717) is 6.42 Å². The van der Waals surface area contributed by atoms with Crippen LogP contribution >= 0.6 is 11.3 Å². The molecule has 0 radical (unpaired) electrons. The molecule has 0 aliphatic carbocycles. The van der Waals surface area contributed by atoms with E-state index in [0.717, 1.165) is 6.42 Å².